The maximum absolute atomic E-state index is 12.5. The number of esters is 1. The van der Waals surface area contributed by atoms with Crippen LogP contribution in [0.3, 0.4) is 0 Å². The molecule has 1 aliphatic carbocycles. The van der Waals surface area contributed by atoms with E-state index in [1.165, 1.54) is 6.07 Å². The number of hydrogen-bond donors (Lipinski definition) is 0. The van der Waals surface area contributed by atoms with Crippen molar-refractivity contribution in [2.75, 3.05) is 6.61 Å². The van der Waals surface area contributed by atoms with E-state index in [9.17, 15) is 14.4 Å². The summed E-state index contributed by atoms with van der Waals surface area (Å²) in [6.45, 7) is -0.355. The van der Waals surface area contributed by atoms with Gasteiger partial charge in [-0.05, 0) is 35.4 Å². The minimum absolute atomic E-state index is 0.110. The molecule has 0 amide bonds. The van der Waals surface area contributed by atoms with Crippen LogP contribution in [-0.4, -0.2) is 24.1 Å². The van der Waals surface area contributed by atoms with Crippen LogP contribution in [0.25, 0.3) is 11.1 Å². The fourth-order valence-electron chi connectivity index (χ4n) is 3.09. The molecule has 0 atom stereocenters. The van der Waals surface area contributed by atoms with Gasteiger partial charge in [0.1, 0.15) is 0 Å². The first-order valence-electron chi connectivity index (χ1n) is 8.28. The van der Waals surface area contributed by atoms with Gasteiger partial charge in [-0.3, -0.25) is 9.59 Å². The molecular weight excluding hydrogens is 408 g/mol. The molecule has 0 saturated carbocycles. The minimum Gasteiger partial charge on any atom is -0.454 e. The first kappa shape index (κ1) is 17.4. The second kappa shape index (κ2) is 6.93. The summed E-state index contributed by atoms with van der Waals surface area (Å²) in [5.41, 5.74) is 3.48. The molecule has 0 saturated heterocycles. The van der Waals surface area contributed by atoms with Crippen LogP contribution in [-0.2, 0) is 4.74 Å². The zero-order valence-corrected chi connectivity index (χ0v) is 15.7. The van der Waals surface area contributed by atoms with E-state index in [0.717, 1.165) is 15.6 Å². The van der Waals surface area contributed by atoms with Crippen LogP contribution < -0.4 is 0 Å². The van der Waals surface area contributed by atoms with Gasteiger partial charge in [0.2, 0.25) is 0 Å². The Kier molecular flexibility index (Phi) is 4.46. The molecule has 4 nitrogen and oxygen atoms in total. The molecule has 3 aromatic carbocycles. The van der Waals surface area contributed by atoms with Gasteiger partial charge in [-0.15, -0.1) is 0 Å². The molecule has 0 radical (unpaired) electrons. The van der Waals surface area contributed by atoms with E-state index < -0.39 is 5.97 Å². The summed E-state index contributed by atoms with van der Waals surface area (Å²) in [5, 5.41) is 0. The summed E-state index contributed by atoms with van der Waals surface area (Å²) in [6.07, 6.45) is 0. The zero-order valence-electron chi connectivity index (χ0n) is 14.1. The lowest BCUT2D eigenvalue weighted by Gasteiger charge is -2.06. The highest BCUT2D eigenvalue weighted by Crippen LogP contribution is 2.36. The maximum Gasteiger partial charge on any atom is 0.338 e. The van der Waals surface area contributed by atoms with E-state index in [0.29, 0.717) is 16.7 Å². The standard InChI is InChI=1S/C22H13BrO4/c23-15-8-5-13(6-9-15)20(24)12-27-22(26)14-7-10-17-16-3-1-2-4-18(16)21(25)19(17)11-14/h1-11H,12H2. The van der Waals surface area contributed by atoms with Gasteiger partial charge < -0.3 is 4.74 Å². The smallest absolute Gasteiger partial charge is 0.338 e. The fourth-order valence-corrected chi connectivity index (χ4v) is 3.35. The number of carbonyl (C=O) groups is 3. The van der Waals surface area contributed by atoms with E-state index >= 15 is 0 Å². The SMILES string of the molecule is O=C(COC(=O)c1ccc2c(c1)C(=O)c1ccccc1-2)c1ccc(Br)cc1. The lowest BCUT2D eigenvalue weighted by molar-refractivity contribution is 0.0475. The third-order valence-corrected chi connectivity index (χ3v) is 4.99. The lowest BCUT2D eigenvalue weighted by Crippen LogP contribution is -2.14. The summed E-state index contributed by atoms with van der Waals surface area (Å²) in [7, 11) is 0. The molecule has 0 aromatic heterocycles. The predicted octanol–water partition coefficient (Wildman–Crippen LogP) is 4.70. The molecule has 0 fully saturated rings. The Morgan fingerprint density at radius 2 is 1.41 bits per heavy atom. The largest absolute Gasteiger partial charge is 0.454 e. The van der Waals surface area contributed by atoms with Crippen molar-refractivity contribution in [1.29, 1.82) is 0 Å². The van der Waals surface area contributed by atoms with E-state index in [-0.39, 0.29) is 23.7 Å². The van der Waals surface area contributed by atoms with Crippen molar-refractivity contribution in [2.45, 2.75) is 0 Å². The normalized spacial score (nSPS) is 11.7. The molecule has 0 N–H and O–H groups in total. The van der Waals surface area contributed by atoms with Crippen LogP contribution in [0.2, 0.25) is 0 Å². The van der Waals surface area contributed by atoms with Crippen molar-refractivity contribution in [3.8, 4) is 11.1 Å². The van der Waals surface area contributed by atoms with Gasteiger partial charge in [-0.2, -0.15) is 0 Å². The first-order chi connectivity index (χ1) is 13.0. The molecule has 0 unspecified atom stereocenters. The van der Waals surface area contributed by atoms with Crippen LogP contribution in [0, 0.1) is 0 Å². The molecule has 0 heterocycles. The monoisotopic (exact) mass is 420 g/mol. The second-order valence-corrected chi connectivity index (χ2v) is 7.06. The average Bonchev–Trinajstić information content (AvgIpc) is 2.98. The predicted molar refractivity (Wildman–Crippen MR) is 104 cm³/mol. The van der Waals surface area contributed by atoms with E-state index in [1.807, 2.05) is 18.2 Å². The number of rotatable bonds is 4. The molecular formula is C22H13BrO4. The molecule has 0 bridgehead atoms. The first-order valence-corrected chi connectivity index (χ1v) is 9.08. The molecule has 3 aromatic rings. The van der Waals surface area contributed by atoms with Crippen LogP contribution in [0.1, 0.15) is 36.6 Å². The Bertz CT molecular complexity index is 1080. The number of fused-ring (bicyclic) bond motifs is 3. The van der Waals surface area contributed by atoms with Gasteiger partial charge in [-0.25, -0.2) is 4.79 Å². The average molecular weight is 421 g/mol. The van der Waals surface area contributed by atoms with Crippen LogP contribution in [0.5, 0.6) is 0 Å². The molecule has 0 spiro atoms. The maximum atomic E-state index is 12.5. The van der Waals surface area contributed by atoms with Crippen LogP contribution >= 0.6 is 15.9 Å². The fraction of sp³-hybridized carbons (Fsp3) is 0.0455. The van der Waals surface area contributed by atoms with Gasteiger partial charge in [-0.1, -0.05) is 58.4 Å². The zero-order chi connectivity index (χ0) is 19.0. The summed E-state index contributed by atoms with van der Waals surface area (Å²) in [4.78, 5) is 37.0. The third kappa shape index (κ3) is 3.22. The Morgan fingerprint density at radius 1 is 0.778 bits per heavy atom. The van der Waals surface area contributed by atoms with Crippen molar-refractivity contribution < 1.29 is 19.1 Å². The van der Waals surface area contributed by atoms with E-state index in [2.05, 4.69) is 15.9 Å². The topological polar surface area (TPSA) is 60.4 Å². The van der Waals surface area contributed by atoms with Crippen molar-refractivity contribution in [1.82, 2.24) is 0 Å². The lowest BCUT2D eigenvalue weighted by atomic mass is 10.0. The van der Waals surface area contributed by atoms with Crippen LogP contribution in [0.4, 0.5) is 0 Å². The number of halogens is 1. The highest BCUT2D eigenvalue weighted by atomic mass is 79.9. The van der Waals surface area contributed by atoms with Gasteiger partial charge in [0.25, 0.3) is 0 Å². The number of ketones is 2. The number of benzene rings is 3. The van der Waals surface area contributed by atoms with E-state index in [1.54, 1.807) is 42.5 Å². The van der Waals surface area contributed by atoms with Crippen molar-refractivity contribution in [2.24, 2.45) is 0 Å². The van der Waals surface area contributed by atoms with Crippen molar-refractivity contribution >= 4 is 33.5 Å². The molecule has 0 aliphatic heterocycles. The number of hydrogen-bond acceptors (Lipinski definition) is 4. The molecule has 5 heteroatoms. The molecule has 1 aliphatic rings. The Hall–Kier alpha value is -3.05. The number of ether oxygens (including phenoxy) is 1. The molecule has 27 heavy (non-hydrogen) atoms. The van der Waals surface area contributed by atoms with Crippen LogP contribution in [0.15, 0.2) is 71.2 Å². The highest BCUT2D eigenvalue weighted by Gasteiger charge is 2.27. The minimum atomic E-state index is -0.632. The summed E-state index contributed by atoms with van der Waals surface area (Å²) in [6, 6.07) is 19.0. The Labute approximate surface area is 163 Å². The second-order valence-electron chi connectivity index (χ2n) is 6.14. The van der Waals surface area contributed by atoms with E-state index in [4.69, 9.17) is 4.74 Å². The van der Waals surface area contributed by atoms with Gasteiger partial charge in [0.15, 0.2) is 18.2 Å². The number of carbonyl (C=O) groups excluding carboxylic acids is 3. The molecule has 132 valence electrons. The van der Waals surface area contributed by atoms with Gasteiger partial charge in [0.05, 0.1) is 5.56 Å². The summed E-state index contributed by atoms with van der Waals surface area (Å²) >= 11 is 3.30. The summed E-state index contributed by atoms with van der Waals surface area (Å²) in [5.74, 6) is -1.03. The van der Waals surface area contributed by atoms with Gasteiger partial charge >= 0.3 is 5.97 Å². The molecule has 4 rings (SSSR count). The highest BCUT2D eigenvalue weighted by molar-refractivity contribution is 9.10. The van der Waals surface area contributed by atoms with Crippen molar-refractivity contribution in [3.63, 3.8) is 0 Å². The third-order valence-electron chi connectivity index (χ3n) is 4.46. The quantitative estimate of drug-likeness (QED) is 0.354. The van der Waals surface area contributed by atoms with Gasteiger partial charge in [0, 0.05) is 21.2 Å². The Morgan fingerprint density at radius 3 is 2.15 bits per heavy atom. The number of Topliss-reactive ketones (excluding diaryl/α,β-unsaturated/α-hetero) is 1. The summed E-state index contributed by atoms with van der Waals surface area (Å²) < 4.78 is 6.00. The Balaban J connectivity index is 1.50. The van der Waals surface area contributed by atoms with Crippen molar-refractivity contribution in [3.05, 3.63) is 93.5 Å².